The molecule has 174 valence electrons. The molecule has 0 spiro atoms. The number of hydrogen-bond acceptors (Lipinski definition) is 6. The van der Waals surface area contributed by atoms with Gasteiger partial charge in [-0.25, -0.2) is 10.2 Å². The lowest BCUT2D eigenvalue weighted by Crippen LogP contribution is -2.18. The van der Waals surface area contributed by atoms with Crippen molar-refractivity contribution >= 4 is 52.9 Å². The normalized spacial score (nSPS) is 10.6. The maximum Gasteiger partial charge on any atom is 0.347 e. The highest BCUT2D eigenvalue weighted by atomic mass is 35.5. The average Bonchev–Trinajstić information content (AvgIpc) is 2.80. The maximum absolute atomic E-state index is 12.7. The minimum absolute atomic E-state index is 0.142. The van der Waals surface area contributed by atoms with E-state index in [4.69, 9.17) is 32.7 Å². The van der Waals surface area contributed by atoms with Crippen molar-refractivity contribution in [2.75, 3.05) is 12.4 Å². The molecule has 0 fully saturated rings. The van der Waals surface area contributed by atoms with Crippen LogP contribution in [0.1, 0.15) is 33.2 Å². The minimum Gasteiger partial charge on any atom is -0.496 e. The molecular weight excluding hydrogens is 481 g/mol. The quantitative estimate of drug-likeness (QED) is 0.207. The van der Waals surface area contributed by atoms with Crippen LogP contribution in [0.4, 0.5) is 5.69 Å². The van der Waals surface area contributed by atoms with Crippen molar-refractivity contribution in [3.8, 4) is 11.5 Å². The number of benzene rings is 3. The molecule has 0 atom stereocenters. The second-order valence-electron chi connectivity index (χ2n) is 6.87. The molecule has 0 saturated heterocycles. The predicted octanol–water partition coefficient (Wildman–Crippen LogP) is 4.94. The Hall–Kier alpha value is -3.88. The first-order valence-electron chi connectivity index (χ1n) is 9.83. The number of hydrazone groups is 1. The smallest absolute Gasteiger partial charge is 0.347 e. The third kappa shape index (κ3) is 6.57. The van der Waals surface area contributed by atoms with E-state index in [1.165, 1.54) is 38.4 Å². The topological polar surface area (TPSA) is 106 Å². The molecule has 2 N–H and O–H groups in total. The molecule has 0 aliphatic carbocycles. The van der Waals surface area contributed by atoms with E-state index in [-0.39, 0.29) is 17.2 Å². The number of rotatable bonds is 7. The fourth-order valence-electron chi connectivity index (χ4n) is 2.84. The van der Waals surface area contributed by atoms with Crippen LogP contribution in [-0.4, -0.2) is 31.1 Å². The number of methoxy groups -OCH3 is 1. The highest BCUT2D eigenvalue weighted by Crippen LogP contribution is 2.27. The van der Waals surface area contributed by atoms with Gasteiger partial charge in [0, 0.05) is 33.8 Å². The average molecular weight is 500 g/mol. The van der Waals surface area contributed by atoms with Crippen LogP contribution in [0.15, 0.2) is 65.8 Å². The fourth-order valence-corrected chi connectivity index (χ4v) is 3.19. The van der Waals surface area contributed by atoms with Gasteiger partial charge in [-0.05, 0) is 60.7 Å². The van der Waals surface area contributed by atoms with Gasteiger partial charge in [0.1, 0.15) is 17.1 Å². The standard InChI is InChI=1S/C24H19Cl2N3O5/c1-14(30)28-19-7-3-15(4-8-19)23(31)29-27-13-16-11-17(25)5-9-21(16)34-24(32)20-12-18(26)6-10-22(20)33-2/h3-13H,1-2H3,(H,28,30)(H,29,31)/b27-13+. The van der Waals surface area contributed by atoms with E-state index in [0.29, 0.717) is 32.6 Å². The summed E-state index contributed by atoms with van der Waals surface area (Å²) in [6.45, 7) is 1.39. The molecule has 2 amide bonds. The predicted molar refractivity (Wildman–Crippen MR) is 130 cm³/mol. The third-order valence-electron chi connectivity index (χ3n) is 4.39. The number of nitrogens with one attached hydrogen (secondary N) is 2. The molecule has 0 bridgehead atoms. The van der Waals surface area contributed by atoms with Crippen molar-refractivity contribution < 1.29 is 23.9 Å². The summed E-state index contributed by atoms with van der Waals surface area (Å²) in [5.41, 5.74) is 3.77. The molecular formula is C24H19Cl2N3O5. The van der Waals surface area contributed by atoms with E-state index in [9.17, 15) is 14.4 Å². The van der Waals surface area contributed by atoms with Crippen molar-refractivity contribution in [2.24, 2.45) is 5.10 Å². The first-order chi connectivity index (χ1) is 16.3. The maximum atomic E-state index is 12.7. The van der Waals surface area contributed by atoms with Gasteiger partial charge in [0.15, 0.2) is 0 Å². The molecule has 8 nitrogen and oxygen atoms in total. The van der Waals surface area contributed by atoms with E-state index >= 15 is 0 Å². The lowest BCUT2D eigenvalue weighted by molar-refractivity contribution is -0.114. The van der Waals surface area contributed by atoms with Crippen LogP contribution in [0, 0.1) is 0 Å². The van der Waals surface area contributed by atoms with Crippen molar-refractivity contribution in [1.82, 2.24) is 5.43 Å². The molecule has 0 aliphatic heterocycles. The first kappa shape index (κ1) is 24.8. The highest BCUT2D eigenvalue weighted by Gasteiger charge is 2.17. The van der Waals surface area contributed by atoms with Gasteiger partial charge in [0.05, 0.1) is 13.3 Å². The molecule has 3 aromatic carbocycles. The number of amides is 2. The zero-order chi connectivity index (χ0) is 24.7. The molecule has 0 unspecified atom stereocenters. The van der Waals surface area contributed by atoms with Crippen LogP contribution in [0.25, 0.3) is 0 Å². The number of anilines is 1. The summed E-state index contributed by atoms with van der Waals surface area (Å²) in [5.74, 6) is -0.924. The Morgan fingerprint density at radius 1 is 0.912 bits per heavy atom. The first-order valence-corrected chi connectivity index (χ1v) is 10.6. The molecule has 0 aromatic heterocycles. The van der Waals surface area contributed by atoms with Crippen molar-refractivity contribution in [3.05, 3.63) is 87.4 Å². The van der Waals surface area contributed by atoms with Crippen LogP contribution < -0.4 is 20.2 Å². The number of nitrogens with zero attached hydrogens (tertiary/aromatic N) is 1. The van der Waals surface area contributed by atoms with Crippen LogP contribution in [-0.2, 0) is 4.79 Å². The Labute approximate surface area is 205 Å². The van der Waals surface area contributed by atoms with E-state index in [0.717, 1.165) is 0 Å². The zero-order valence-electron chi connectivity index (χ0n) is 18.1. The molecule has 0 saturated carbocycles. The van der Waals surface area contributed by atoms with Crippen LogP contribution in [0.2, 0.25) is 10.0 Å². The third-order valence-corrected chi connectivity index (χ3v) is 4.86. The SMILES string of the molecule is COc1ccc(Cl)cc1C(=O)Oc1ccc(Cl)cc1/C=N/NC(=O)c1ccc(NC(C)=O)cc1. The molecule has 0 radical (unpaired) electrons. The van der Waals surface area contributed by atoms with Gasteiger partial charge < -0.3 is 14.8 Å². The van der Waals surface area contributed by atoms with E-state index in [1.807, 2.05) is 0 Å². The molecule has 3 rings (SSSR count). The number of esters is 1. The number of carbonyl (C=O) groups is 3. The van der Waals surface area contributed by atoms with Crippen molar-refractivity contribution in [3.63, 3.8) is 0 Å². The summed E-state index contributed by atoms with van der Waals surface area (Å²) in [6, 6.07) is 15.4. The highest BCUT2D eigenvalue weighted by molar-refractivity contribution is 6.31. The number of halogens is 2. The summed E-state index contributed by atoms with van der Waals surface area (Å²) in [4.78, 5) is 36.1. The van der Waals surface area contributed by atoms with Crippen LogP contribution in [0.5, 0.6) is 11.5 Å². The second-order valence-corrected chi connectivity index (χ2v) is 7.75. The van der Waals surface area contributed by atoms with E-state index < -0.39 is 11.9 Å². The van der Waals surface area contributed by atoms with Crippen molar-refractivity contribution in [1.29, 1.82) is 0 Å². The molecule has 0 aliphatic rings. The van der Waals surface area contributed by atoms with Crippen LogP contribution in [0.3, 0.4) is 0 Å². The molecule has 3 aromatic rings. The van der Waals surface area contributed by atoms with Gasteiger partial charge >= 0.3 is 5.97 Å². The fraction of sp³-hybridized carbons (Fsp3) is 0.0833. The van der Waals surface area contributed by atoms with Gasteiger partial charge in [-0.2, -0.15) is 5.10 Å². The largest absolute Gasteiger partial charge is 0.496 e. The lowest BCUT2D eigenvalue weighted by Gasteiger charge is -2.11. The Morgan fingerprint density at radius 3 is 2.21 bits per heavy atom. The summed E-state index contributed by atoms with van der Waals surface area (Å²) in [6.07, 6.45) is 1.30. The van der Waals surface area contributed by atoms with Gasteiger partial charge in [0.2, 0.25) is 5.91 Å². The summed E-state index contributed by atoms with van der Waals surface area (Å²) in [5, 5.41) is 7.27. The number of hydrogen-bond donors (Lipinski definition) is 2. The second kappa shape index (κ2) is 11.3. The lowest BCUT2D eigenvalue weighted by atomic mass is 10.2. The molecule has 0 heterocycles. The monoisotopic (exact) mass is 499 g/mol. The molecule has 34 heavy (non-hydrogen) atoms. The zero-order valence-corrected chi connectivity index (χ0v) is 19.6. The summed E-state index contributed by atoms with van der Waals surface area (Å²) < 4.78 is 10.7. The Kier molecular flexibility index (Phi) is 8.24. The Morgan fingerprint density at radius 2 is 1.56 bits per heavy atom. The van der Waals surface area contributed by atoms with E-state index in [2.05, 4.69) is 15.8 Å². The van der Waals surface area contributed by atoms with E-state index in [1.54, 1.807) is 42.5 Å². The Balaban J connectivity index is 1.73. The number of carbonyl (C=O) groups excluding carboxylic acids is 3. The van der Waals surface area contributed by atoms with Gasteiger partial charge in [0.25, 0.3) is 5.91 Å². The van der Waals surface area contributed by atoms with Gasteiger partial charge in [-0.1, -0.05) is 23.2 Å². The summed E-state index contributed by atoms with van der Waals surface area (Å²) >= 11 is 12.1. The summed E-state index contributed by atoms with van der Waals surface area (Å²) in [7, 11) is 1.43. The van der Waals surface area contributed by atoms with Crippen molar-refractivity contribution in [2.45, 2.75) is 6.92 Å². The van der Waals surface area contributed by atoms with Crippen LogP contribution >= 0.6 is 23.2 Å². The van der Waals surface area contributed by atoms with Gasteiger partial charge in [-0.3, -0.25) is 9.59 Å². The Bertz CT molecular complexity index is 1260. The molecule has 10 heteroatoms. The minimum atomic E-state index is -0.695. The number of ether oxygens (including phenoxy) is 2. The van der Waals surface area contributed by atoms with Gasteiger partial charge in [-0.15, -0.1) is 0 Å².